The molecule has 4 nitrogen and oxygen atoms in total. The largest absolute Gasteiger partial charge is 0.477 e. The van der Waals surface area contributed by atoms with Crippen LogP contribution in [0, 0.1) is 0 Å². The molecule has 1 aromatic heterocycles. The molecule has 88 valence electrons. The highest BCUT2D eigenvalue weighted by atomic mass is 32.1. The van der Waals surface area contributed by atoms with Gasteiger partial charge in [-0.15, -0.1) is 11.3 Å². The molecule has 0 atom stereocenters. The summed E-state index contributed by atoms with van der Waals surface area (Å²) in [4.78, 5) is 22.9. The lowest BCUT2D eigenvalue weighted by molar-refractivity contribution is 0.0603. The maximum absolute atomic E-state index is 11.5. The molecular weight excluding hydrogens is 228 g/mol. The predicted octanol–water partition coefficient (Wildman–Crippen LogP) is 2.53. The standard InChI is InChI=1S/C11H14O4S/c1-11(2,3)6-5-7(9(12)13)16-8(6)10(14)15-4/h5H,1-4H3,(H,12,13). The number of aromatic carboxylic acids is 1. The van der Waals surface area contributed by atoms with Gasteiger partial charge in [0.25, 0.3) is 0 Å². The molecule has 0 amide bonds. The fourth-order valence-corrected chi connectivity index (χ4v) is 2.42. The summed E-state index contributed by atoms with van der Waals surface area (Å²) >= 11 is 0.953. The molecule has 1 aromatic rings. The van der Waals surface area contributed by atoms with Gasteiger partial charge in [0, 0.05) is 0 Å². The number of carbonyl (C=O) groups is 2. The number of hydrogen-bond donors (Lipinski definition) is 1. The van der Waals surface area contributed by atoms with Crippen molar-refractivity contribution in [2.75, 3.05) is 7.11 Å². The van der Waals surface area contributed by atoms with Gasteiger partial charge < -0.3 is 9.84 Å². The quantitative estimate of drug-likeness (QED) is 0.809. The van der Waals surface area contributed by atoms with E-state index in [0.29, 0.717) is 10.4 Å². The Morgan fingerprint density at radius 1 is 1.38 bits per heavy atom. The lowest BCUT2D eigenvalue weighted by atomic mass is 9.87. The number of carboxylic acids is 1. The van der Waals surface area contributed by atoms with Gasteiger partial charge in [-0.25, -0.2) is 9.59 Å². The van der Waals surface area contributed by atoms with Crippen LogP contribution in [0.1, 0.15) is 45.7 Å². The second kappa shape index (κ2) is 4.25. The molecular formula is C11H14O4S. The van der Waals surface area contributed by atoms with E-state index in [4.69, 9.17) is 5.11 Å². The molecule has 1 rings (SSSR count). The summed E-state index contributed by atoms with van der Waals surface area (Å²) in [6.07, 6.45) is 0. The maximum atomic E-state index is 11.5. The Morgan fingerprint density at radius 2 is 1.94 bits per heavy atom. The van der Waals surface area contributed by atoms with Crippen LogP contribution < -0.4 is 0 Å². The summed E-state index contributed by atoms with van der Waals surface area (Å²) in [5.74, 6) is -1.51. The molecule has 0 fully saturated rings. The summed E-state index contributed by atoms with van der Waals surface area (Å²) in [5.41, 5.74) is 0.426. The lowest BCUT2D eigenvalue weighted by Crippen LogP contribution is -2.15. The minimum Gasteiger partial charge on any atom is -0.477 e. The lowest BCUT2D eigenvalue weighted by Gasteiger charge is -2.18. The fraction of sp³-hybridized carbons (Fsp3) is 0.455. The summed E-state index contributed by atoms with van der Waals surface area (Å²) in [6.45, 7) is 5.77. The summed E-state index contributed by atoms with van der Waals surface area (Å²) in [5, 5.41) is 8.90. The van der Waals surface area contributed by atoms with Crippen LogP contribution in [-0.2, 0) is 10.2 Å². The van der Waals surface area contributed by atoms with E-state index in [-0.39, 0.29) is 10.3 Å². The monoisotopic (exact) mass is 242 g/mol. The number of hydrogen-bond acceptors (Lipinski definition) is 4. The van der Waals surface area contributed by atoms with E-state index >= 15 is 0 Å². The van der Waals surface area contributed by atoms with Crippen molar-refractivity contribution in [2.45, 2.75) is 26.2 Å². The number of carbonyl (C=O) groups excluding carboxylic acids is 1. The van der Waals surface area contributed by atoms with Crippen LogP contribution >= 0.6 is 11.3 Å². The van der Waals surface area contributed by atoms with E-state index in [1.54, 1.807) is 6.07 Å². The van der Waals surface area contributed by atoms with Gasteiger partial charge in [-0.05, 0) is 17.0 Å². The van der Waals surface area contributed by atoms with Crippen LogP contribution in [0.3, 0.4) is 0 Å². The SMILES string of the molecule is COC(=O)c1sc(C(=O)O)cc1C(C)(C)C. The molecule has 5 heteroatoms. The average molecular weight is 242 g/mol. The Bertz CT molecular complexity index is 426. The number of esters is 1. The molecule has 1 N–H and O–H groups in total. The minimum atomic E-state index is -1.02. The highest BCUT2D eigenvalue weighted by molar-refractivity contribution is 7.16. The van der Waals surface area contributed by atoms with Crippen molar-refractivity contribution in [3.8, 4) is 0 Å². The van der Waals surface area contributed by atoms with Crippen molar-refractivity contribution < 1.29 is 19.4 Å². The molecule has 16 heavy (non-hydrogen) atoms. The first-order valence-corrected chi connectivity index (χ1v) is 5.55. The molecule has 0 aliphatic rings. The maximum Gasteiger partial charge on any atom is 0.348 e. The van der Waals surface area contributed by atoms with Gasteiger partial charge in [0.2, 0.25) is 0 Å². The van der Waals surface area contributed by atoms with Crippen LogP contribution in [0.2, 0.25) is 0 Å². The third kappa shape index (κ3) is 2.41. The zero-order chi connectivity index (χ0) is 12.5. The third-order valence-electron chi connectivity index (χ3n) is 2.12. The topological polar surface area (TPSA) is 63.6 Å². The van der Waals surface area contributed by atoms with Gasteiger partial charge in [-0.3, -0.25) is 0 Å². The Morgan fingerprint density at radius 3 is 2.31 bits per heavy atom. The smallest absolute Gasteiger partial charge is 0.348 e. The average Bonchev–Trinajstić information content (AvgIpc) is 2.60. The Balaban J connectivity index is 3.34. The van der Waals surface area contributed by atoms with E-state index in [1.165, 1.54) is 7.11 Å². The van der Waals surface area contributed by atoms with Crippen molar-refractivity contribution in [1.82, 2.24) is 0 Å². The zero-order valence-electron chi connectivity index (χ0n) is 9.66. The van der Waals surface area contributed by atoms with Gasteiger partial charge in [0.1, 0.15) is 9.75 Å². The predicted molar refractivity (Wildman–Crippen MR) is 61.3 cm³/mol. The second-order valence-electron chi connectivity index (χ2n) is 4.40. The van der Waals surface area contributed by atoms with Crippen LogP contribution in [0.15, 0.2) is 6.07 Å². The van der Waals surface area contributed by atoms with Crippen LogP contribution in [0.25, 0.3) is 0 Å². The van der Waals surface area contributed by atoms with E-state index < -0.39 is 11.9 Å². The van der Waals surface area contributed by atoms with Crippen LogP contribution in [0.4, 0.5) is 0 Å². The molecule has 0 radical (unpaired) electrons. The number of methoxy groups -OCH3 is 1. The summed E-state index contributed by atoms with van der Waals surface area (Å²) in [7, 11) is 1.29. The highest BCUT2D eigenvalue weighted by Crippen LogP contribution is 2.33. The minimum absolute atomic E-state index is 0.158. The molecule has 1 heterocycles. The third-order valence-corrected chi connectivity index (χ3v) is 3.22. The van der Waals surface area contributed by atoms with E-state index in [1.807, 2.05) is 20.8 Å². The van der Waals surface area contributed by atoms with Crippen LogP contribution in [-0.4, -0.2) is 24.2 Å². The van der Waals surface area contributed by atoms with Crippen molar-refractivity contribution >= 4 is 23.3 Å². The highest BCUT2D eigenvalue weighted by Gasteiger charge is 2.27. The Hall–Kier alpha value is -1.36. The van der Waals surface area contributed by atoms with Crippen molar-refractivity contribution in [1.29, 1.82) is 0 Å². The number of thiophene rings is 1. The molecule has 0 aromatic carbocycles. The Kier molecular flexibility index (Phi) is 3.38. The van der Waals surface area contributed by atoms with Crippen molar-refractivity contribution in [2.24, 2.45) is 0 Å². The molecule has 0 spiro atoms. The van der Waals surface area contributed by atoms with E-state index in [2.05, 4.69) is 4.74 Å². The first kappa shape index (κ1) is 12.7. The first-order valence-electron chi connectivity index (χ1n) is 4.73. The molecule has 0 unspecified atom stereocenters. The second-order valence-corrected chi connectivity index (χ2v) is 5.45. The first-order chi connectivity index (χ1) is 7.27. The molecule has 0 saturated heterocycles. The van der Waals surface area contributed by atoms with Gasteiger partial charge in [-0.2, -0.15) is 0 Å². The molecule has 0 bridgehead atoms. The van der Waals surface area contributed by atoms with Gasteiger partial charge in [-0.1, -0.05) is 20.8 Å². The van der Waals surface area contributed by atoms with Crippen molar-refractivity contribution in [3.05, 3.63) is 21.4 Å². The van der Waals surface area contributed by atoms with Gasteiger partial charge in [0.15, 0.2) is 0 Å². The van der Waals surface area contributed by atoms with Crippen LogP contribution in [0.5, 0.6) is 0 Å². The summed E-state index contributed by atoms with van der Waals surface area (Å²) in [6, 6.07) is 1.54. The zero-order valence-corrected chi connectivity index (χ0v) is 10.5. The molecule has 0 aliphatic carbocycles. The van der Waals surface area contributed by atoms with Gasteiger partial charge >= 0.3 is 11.9 Å². The number of rotatable bonds is 2. The Labute approximate surface area is 97.9 Å². The summed E-state index contributed by atoms with van der Waals surface area (Å²) < 4.78 is 4.64. The van der Waals surface area contributed by atoms with E-state index in [0.717, 1.165) is 11.3 Å². The number of ether oxygens (including phenoxy) is 1. The molecule has 0 saturated carbocycles. The normalized spacial score (nSPS) is 11.2. The van der Waals surface area contributed by atoms with Gasteiger partial charge in [0.05, 0.1) is 7.11 Å². The fourth-order valence-electron chi connectivity index (χ4n) is 1.30. The van der Waals surface area contributed by atoms with E-state index in [9.17, 15) is 9.59 Å². The van der Waals surface area contributed by atoms with Crippen molar-refractivity contribution in [3.63, 3.8) is 0 Å². The number of carboxylic acid groups (broad SMARTS) is 1. The molecule has 0 aliphatic heterocycles.